The van der Waals surface area contributed by atoms with Gasteiger partial charge in [-0.3, -0.25) is 0 Å². The summed E-state index contributed by atoms with van der Waals surface area (Å²) in [4.78, 5) is 1.28. The zero-order chi connectivity index (χ0) is 12.9. The van der Waals surface area contributed by atoms with E-state index in [9.17, 15) is 5.11 Å². The lowest BCUT2D eigenvalue weighted by atomic mass is 10.0. The van der Waals surface area contributed by atoms with E-state index >= 15 is 0 Å². The minimum Gasteiger partial charge on any atom is -0.389 e. The van der Waals surface area contributed by atoms with Crippen molar-refractivity contribution in [2.75, 3.05) is 12.8 Å². The van der Waals surface area contributed by atoms with Crippen LogP contribution in [-0.4, -0.2) is 23.5 Å². The van der Waals surface area contributed by atoms with Crippen molar-refractivity contribution in [2.45, 2.75) is 43.7 Å². The maximum absolute atomic E-state index is 9.94. The molecule has 0 aromatic heterocycles. The summed E-state index contributed by atoms with van der Waals surface area (Å²) >= 11 is 1.75. The van der Waals surface area contributed by atoms with Gasteiger partial charge in [0, 0.05) is 17.5 Å². The molecule has 0 bridgehead atoms. The van der Waals surface area contributed by atoms with Crippen molar-refractivity contribution >= 4 is 11.8 Å². The third-order valence-electron chi connectivity index (χ3n) is 3.17. The first kappa shape index (κ1) is 14.6. The molecule has 2 atom stereocenters. The molecule has 1 aromatic rings. The van der Waals surface area contributed by atoms with Crippen LogP contribution >= 0.6 is 11.8 Å². The van der Waals surface area contributed by atoms with Gasteiger partial charge in [-0.05, 0) is 44.2 Å². The fraction of sp³-hybridized carbons (Fsp3) is 0.571. The van der Waals surface area contributed by atoms with Crippen LogP contribution in [0.2, 0.25) is 0 Å². The van der Waals surface area contributed by atoms with Crippen LogP contribution in [-0.2, 0) is 0 Å². The van der Waals surface area contributed by atoms with Gasteiger partial charge in [-0.25, -0.2) is 0 Å². The van der Waals surface area contributed by atoms with E-state index in [0.29, 0.717) is 6.54 Å². The predicted octanol–water partition coefficient (Wildman–Crippen LogP) is 3.22. The van der Waals surface area contributed by atoms with Gasteiger partial charge in [0.25, 0.3) is 0 Å². The van der Waals surface area contributed by atoms with Crippen molar-refractivity contribution in [3.05, 3.63) is 29.8 Å². The van der Waals surface area contributed by atoms with Crippen molar-refractivity contribution in [3.8, 4) is 0 Å². The number of hydrogen-bond acceptors (Lipinski definition) is 3. The number of rotatable bonds is 6. The Labute approximate surface area is 109 Å². The maximum atomic E-state index is 9.94. The van der Waals surface area contributed by atoms with Crippen LogP contribution in [0, 0.1) is 0 Å². The van der Waals surface area contributed by atoms with Crippen molar-refractivity contribution in [1.29, 1.82) is 0 Å². The van der Waals surface area contributed by atoms with Gasteiger partial charge in [0.05, 0.1) is 5.60 Å². The highest BCUT2D eigenvalue weighted by molar-refractivity contribution is 7.98. The molecule has 17 heavy (non-hydrogen) atoms. The Kier molecular flexibility index (Phi) is 5.50. The van der Waals surface area contributed by atoms with Gasteiger partial charge in [0.2, 0.25) is 0 Å². The average Bonchev–Trinajstić information content (AvgIpc) is 2.36. The van der Waals surface area contributed by atoms with Gasteiger partial charge in [-0.1, -0.05) is 19.1 Å². The average molecular weight is 253 g/mol. The first-order valence-electron chi connectivity index (χ1n) is 6.08. The third kappa shape index (κ3) is 4.70. The van der Waals surface area contributed by atoms with Crippen molar-refractivity contribution in [3.63, 3.8) is 0 Å². The molecule has 0 saturated carbocycles. The highest BCUT2D eigenvalue weighted by Crippen LogP contribution is 2.19. The molecule has 2 N–H and O–H groups in total. The first-order chi connectivity index (χ1) is 7.98. The van der Waals surface area contributed by atoms with E-state index < -0.39 is 5.60 Å². The molecule has 1 aromatic carbocycles. The minimum absolute atomic E-state index is 0.268. The van der Waals surface area contributed by atoms with Crippen LogP contribution in [0.1, 0.15) is 38.8 Å². The standard InChI is InChI=1S/C14H23NOS/c1-5-14(3,16)10-15-11(2)12-6-8-13(17-4)9-7-12/h6-9,11,15-16H,5,10H2,1-4H3. The van der Waals surface area contributed by atoms with Gasteiger partial charge >= 0.3 is 0 Å². The number of benzene rings is 1. The molecule has 0 fully saturated rings. The Bertz CT molecular complexity index is 335. The molecule has 0 heterocycles. The summed E-state index contributed by atoms with van der Waals surface area (Å²) in [6.45, 7) is 6.61. The Morgan fingerprint density at radius 3 is 2.41 bits per heavy atom. The Morgan fingerprint density at radius 2 is 1.94 bits per heavy atom. The Hall–Kier alpha value is -0.510. The Morgan fingerprint density at radius 1 is 1.35 bits per heavy atom. The molecule has 2 nitrogen and oxygen atoms in total. The summed E-state index contributed by atoms with van der Waals surface area (Å²) in [5, 5.41) is 13.3. The topological polar surface area (TPSA) is 32.3 Å². The summed E-state index contributed by atoms with van der Waals surface area (Å²) < 4.78 is 0. The van der Waals surface area contributed by atoms with Crippen LogP contribution in [0.5, 0.6) is 0 Å². The smallest absolute Gasteiger partial charge is 0.0741 e. The lowest BCUT2D eigenvalue weighted by Crippen LogP contribution is -2.38. The normalized spacial score (nSPS) is 16.5. The SMILES string of the molecule is CCC(C)(O)CNC(C)c1ccc(SC)cc1. The van der Waals surface area contributed by atoms with Gasteiger partial charge in [-0.2, -0.15) is 0 Å². The Balaban J connectivity index is 2.54. The molecule has 2 unspecified atom stereocenters. The van der Waals surface area contributed by atoms with E-state index in [2.05, 4.69) is 42.8 Å². The molecule has 0 aliphatic carbocycles. The van der Waals surface area contributed by atoms with E-state index in [1.807, 2.05) is 13.8 Å². The van der Waals surface area contributed by atoms with Crippen LogP contribution < -0.4 is 5.32 Å². The molecular weight excluding hydrogens is 230 g/mol. The van der Waals surface area contributed by atoms with Gasteiger partial charge in [-0.15, -0.1) is 11.8 Å². The summed E-state index contributed by atoms with van der Waals surface area (Å²) in [6.07, 6.45) is 2.84. The molecule has 3 heteroatoms. The highest BCUT2D eigenvalue weighted by Gasteiger charge is 2.18. The summed E-state index contributed by atoms with van der Waals surface area (Å²) in [7, 11) is 0. The van der Waals surface area contributed by atoms with E-state index in [1.165, 1.54) is 10.5 Å². The van der Waals surface area contributed by atoms with Gasteiger partial charge < -0.3 is 10.4 Å². The number of thioether (sulfide) groups is 1. The third-order valence-corrected chi connectivity index (χ3v) is 3.91. The quantitative estimate of drug-likeness (QED) is 0.764. The van der Waals surface area contributed by atoms with Gasteiger partial charge in [0.1, 0.15) is 0 Å². The first-order valence-corrected chi connectivity index (χ1v) is 7.30. The zero-order valence-corrected chi connectivity index (χ0v) is 12.0. The van der Waals surface area contributed by atoms with Crippen LogP contribution in [0.25, 0.3) is 0 Å². The number of hydrogen-bond donors (Lipinski definition) is 2. The summed E-state index contributed by atoms with van der Waals surface area (Å²) in [5.74, 6) is 0. The monoisotopic (exact) mass is 253 g/mol. The molecule has 0 aliphatic rings. The van der Waals surface area contributed by atoms with E-state index in [0.717, 1.165) is 6.42 Å². The second-order valence-corrected chi connectivity index (χ2v) is 5.61. The molecule has 0 spiro atoms. The van der Waals surface area contributed by atoms with Crippen LogP contribution in [0.3, 0.4) is 0 Å². The second kappa shape index (κ2) is 6.43. The van der Waals surface area contributed by atoms with Crippen molar-refractivity contribution in [2.24, 2.45) is 0 Å². The molecule has 0 saturated heterocycles. The summed E-state index contributed by atoms with van der Waals surface area (Å²) in [6, 6.07) is 8.82. The molecule has 0 amide bonds. The lowest BCUT2D eigenvalue weighted by Gasteiger charge is -2.24. The largest absolute Gasteiger partial charge is 0.389 e. The molecule has 0 radical (unpaired) electrons. The van der Waals surface area contributed by atoms with Gasteiger partial charge in [0.15, 0.2) is 0 Å². The predicted molar refractivity (Wildman–Crippen MR) is 75.6 cm³/mol. The fourth-order valence-electron chi connectivity index (χ4n) is 1.51. The van der Waals surface area contributed by atoms with Crippen LogP contribution in [0.4, 0.5) is 0 Å². The summed E-state index contributed by atoms with van der Waals surface area (Å²) in [5.41, 5.74) is 0.641. The second-order valence-electron chi connectivity index (χ2n) is 4.73. The minimum atomic E-state index is -0.618. The molecule has 0 aliphatic heterocycles. The van der Waals surface area contributed by atoms with Crippen molar-refractivity contribution < 1.29 is 5.11 Å². The molecule has 1 rings (SSSR count). The van der Waals surface area contributed by atoms with E-state index in [1.54, 1.807) is 11.8 Å². The molecular formula is C14H23NOS. The highest BCUT2D eigenvalue weighted by atomic mass is 32.2. The fourth-order valence-corrected chi connectivity index (χ4v) is 1.92. The maximum Gasteiger partial charge on any atom is 0.0741 e. The zero-order valence-electron chi connectivity index (χ0n) is 11.2. The number of nitrogens with one attached hydrogen (secondary N) is 1. The molecule has 96 valence electrons. The lowest BCUT2D eigenvalue weighted by molar-refractivity contribution is 0.0533. The van der Waals surface area contributed by atoms with E-state index in [4.69, 9.17) is 0 Å². The van der Waals surface area contributed by atoms with E-state index in [-0.39, 0.29) is 6.04 Å². The van der Waals surface area contributed by atoms with Crippen LogP contribution in [0.15, 0.2) is 29.2 Å². The van der Waals surface area contributed by atoms with Crippen molar-refractivity contribution in [1.82, 2.24) is 5.32 Å². The number of aliphatic hydroxyl groups is 1.